The Morgan fingerprint density at radius 2 is 2.21 bits per heavy atom. The second-order valence-corrected chi connectivity index (χ2v) is 7.27. The van der Waals surface area contributed by atoms with Gasteiger partial charge in [-0.25, -0.2) is 0 Å². The summed E-state index contributed by atoms with van der Waals surface area (Å²) in [6, 6.07) is 2.16. The highest BCUT2D eigenvalue weighted by molar-refractivity contribution is 14.0. The van der Waals surface area contributed by atoms with Crippen molar-refractivity contribution in [2.75, 3.05) is 39.8 Å². The summed E-state index contributed by atoms with van der Waals surface area (Å²) in [6.45, 7) is 10.6. The van der Waals surface area contributed by atoms with Crippen LogP contribution in [0.15, 0.2) is 21.7 Å². The third-order valence-electron chi connectivity index (χ3n) is 4.49. The van der Waals surface area contributed by atoms with Crippen molar-refractivity contribution in [2.24, 2.45) is 18.0 Å². The molecule has 2 heterocycles. The topological polar surface area (TPSA) is 35.8 Å². The summed E-state index contributed by atoms with van der Waals surface area (Å²) >= 11 is 3.54. The molecule has 0 bridgehead atoms. The quantitative estimate of drug-likeness (QED) is 0.362. The van der Waals surface area contributed by atoms with E-state index in [1.54, 1.807) is 0 Å². The van der Waals surface area contributed by atoms with Crippen molar-refractivity contribution in [3.05, 3.63) is 22.4 Å². The largest absolute Gasteiger partial charge is 0.357 e. The van der Waals surface area contributed by atoms with Crippen molar-refractivity contribution in [3.63, 3.8) is 0 Å². The number of guanidine groups is 1. The van der Waals surface area contributed by atoms with E-state index in [0.29, 0.717) is 5.92 Å². The van der Waals surface area contributed by atoms with Crippen LogP contribution in [-0.2, 0) is 13.6 Å². The third-order valence-corrected chi connectivity index (χ3v) is 4.92. The molecule has 1 aliphatic rings. The molecule has 0 aromatic carbocycles. The van der Waals surface area contributed by atoms with E-state index in [0.717, 1.165) is 36.6 Å². The van der Waals surface area contributed by atoms with Crippen LogP contribution in [0.25, 0.3) is 0 Å². The molecule has 2 rings (SSSR count). The number of aromatic nitrogens is 1. The Morgan fingerprint density at radius 1 is 1.46 bits per heavy atom. The van der Waals surface area contributed by atoms with Gasteiger partial charge in [-0.05, 0) is 54.3 Å². The number of halogens is 2. The molecule has 0 amide bonds. The predicted octanol–water partition coefficient (Wildman–Crippen LogP) is 3.14. The third kappa shape index (κ3) is 6.22. The summed E-state index contributed by atoms with van der Waals surface area (Å²) in [6.07, 6.45) is 3.36. The monoisotopic (exact) mass is 511 g/mol. The number of nitrogens with one attached hydrogen (secondary N) is 1. The summed E-state index contributed by atoms with van der Waals surface area (Å²) in [7, 11) is 4.19. The Morgan fingerprint density at radius 3 is 2.75 bits per heavy atom. The van der Waals surface area contributed by atoms with E-state index in [9.17, 15) is 0 Å². The fourth-order valence-electron chi connectivity index (χ4n) is 3.08. The molecule has 0 saturated carbocycles. The molecule has 1 N–H and O–H groups in total. The molecule has 1 aliphatic heterocycles. The van der Waals surface area contributed by atoms with E-state index in [-0.39, 0.29) is 24.0 Å². The fourth-order valence-corrected chi connectivity index (χ4v) is 3.65. The molecule has 24 heavy (non-hydrogen) atoms. The summed E-state index contributed by atoms with van der Waals surface area (Å²) in [5.74, 6) is 1.70. The molecule has 138 valence electrons. The maximum Gasteiger partial charge on any atom is 0.194 e. The molecular weight excluding hydrogens is 481 g/mol. The van der Waals surface area contributed by atoms with Crippen molar-refractivity contribution in [1.82, 2.24) is 19.7 Å². The molecule has 0 spiro atoms. The van der Waals surface area contributed by atoms with Gasteiger partial charge in [-0.3, -0.25) is 4.99 Å². The molecule has 1 atom stereocenters. The Kier molecular flexibility index (Phi) is 9.66. The number of nitrogens with zero attached hydrogens (tertiary/aromatic N) is 4. The van der Waals surface area contributed by atoms with Gasteiger partial charge in [0, 0.05) is 50.1 Å². The van der Waals surface area contributed by atoms with Gasteiger partial charge in [-0.15, -0.1) is 24.0 Å². The van der Waals surface area contributed by atoms with Gasteiger partial charge in [0.1, 0.15) is 0 Å². The van der Waals surface area contributed by atoms with Crippen LogP contribution in [0.4, 0.5) is 0 Å². The van der Waals surface area contributed by atoms with Gasteiger partial charge in [0.25, 0.3) is 0 Å². The molecule has 1 aromatic heterocycles. The van der Waals surface area contributed by atoms with Gasteiger partial charge in [-0.2, -0.15) is 0 Å². The van der Waals surface area contributed by atoms with Gasteiger partial charge in [0.2, 0.25) is 0 Å². The first-order valence-electron chi connectivity index (χ1n) is 8.56. The zero-order chi connectivity index (χ0) is 16.8. The van der Waals surface area contributed by atoms with Crippen LogP contribution in [-0.4, -0.2) is 60.1 Å². The minimum absolute atomic E-state index is 0. The highest BCUT2D eigenvalue weighted by Crippen LogP contribution is 2.17. The van der Waals surface area contributed by atoms with Crippen molar-refractivity contribution in [1.29, 1.82) is 0 Å². The van der Waals surface area contributed by atoms with Crippen LogP contribution < -0.4 is 5.32 Å². The molecule has 1 unspecified atom stereocenters. The summed E-state index contributed by atoms with van der Waals surface area (Å²) in [5.41, 5.74) is 1.27. The molecule has 1 saturated heterocycles. The highest BCUT2D eigenvalue weighted by Gasteiger charge is 2.21. The second kappa shape index (κ2) is 10.7. The summed E-state index contributed by atoms with van der Waals surface area (Å²) in [4.78, 5) is 9.60. The van der Waals surface area contributed by atoms with Crippen LogP contribution in [0, 0.1) is 5.92 Å². The van der Waals surface area contributed by atoms with Crippen molar-refractivity contribution >= 4 is 45.9 Å². The Balaban J connectivity index is 0.00000288. The molecule has 1 fully saturated rings. The Labute approximate surface area is 172 Å². The summed E-state index contributed by atoms with van der Waals surface area (Å²) in [5, 5.41) is 3.42. The van der Waals surface area contributed by atoms with Crippen molar-refractivity contribution in [2.45, 2.75) is 26.8 Å². The lowest BCUT2D eigenvalue weighted by Crippen LogP contribution is -2.39. The van der Waals surface area contributed by atoms with Crippen LogP contribution in [0.5, 0.6) is 0 Å². The molecule has 1 aromatic rings. The maximum absolute atomic E-state index is 4.88. The SMILES string of the molecule is CCNC(=NCC1CCN(CC)C1)N(C)Cc1cc(Br)cn1C.I. The number of hydrogen-bond acceptors (Lipinski definition) is 2. The van der Waals surface area contributed by atoms with Gasteiger partial charge in [0.15, 0.2) is 5.96 Å². The van der Waals surface area contributed by atoms with E-state index in [1.165, 1.54) is 25.2 Å². The maximum atomic E-state index is 4.88. The average Bonchev–Trinajstić information content (AvgIpc) is 3.10. The van der Waals surface area contributed by atoms with Crippen LogP contribution in [0.3, 0.4) is 0 Å². The van der Waals surface area contributed by atoms with Crippen molar-refractivity contribution in [3.8, 4) is 0 Å². The van der Waals surface area contributed by atoms with Crippen LogP contribution in [0.2, 0.25) is 0 Å². The fraction of sp³-hybridized carbons (Fsp3) is 0.706. The van der Waals surface area contributed by atoms with Gasteiger partial charge < -0.3 is 19.7 Å². The minimum Gasteiger partial charge on any atom is -0.357 e. The Bertz CT molecular complexity index is 531. The standard InChI is InChI=1S/C17H30BrN5.HI/c1-5-19-17(20-10-14-7-8-23(6-2)11-14)22(4)13-16-9-15(18)12-21(16)3;/h9,12,14H,5-8,10-11,13H2,1-4H3,(H,19,20);1H. The lowest BCUT2D eigenvalue weighted by molar-refractivity contribution is 0.343. The zero-order valence-corrected chi connectivity index (χ0v) is 19.2. The van der Waals surface area contributed by atoms with Gasteiger partial charge >= 0.3 is 0 Å². The van der Waals surface area contributed by atoms with Crippen LogP contribution in [0.1, 0.15) is 26.0 Å². The predicted molar refractivity (Wildman–Crippen MR) is 116 cm³/mol. The number of hydrogen-bond donors (Lipinski definition) is 1. The van der Waals surface area contributed by atoms with E-state index >= 15 is 0 Å². The van der Waals surface area contributed by atoms with Crippen LogP contribution >= 0.6 is 39.9 Å². The van der Waals surface area contributed by atoms with E-state index in [2.05, 4.69) is 75.8 Å². The molecule has 0 radical (unpaired) electrons. The van der Waals surface area contributed by atoms with E-state index < -0.39 is 0 Å². The minimum atomic E-state index is 0. The van der Waals surface area contributed by atoms with Gasteiger partial charge in [-0.1, -0.05) is 6.92 Å². The zero-order valence-electron chi connectivity index (χ0n) is 15.3. The number of aliphatic imine (C=N–C) groups is 1. The lowest BCUT2D eigenvalue weighted by Gasteiger charge is -2.23. The normalized spacial score (nSPS) is 18.5. The molecular formula is C17H31BrIN5. The second-order valence-electron chi connectivity index (χ2n) is 6.36. The van der Waals surface area contributed by atoms with E-state index in [4.69, 9.17) is 4.99 Å². The number of rotatable bonds is 6. The lowest BCUT2D eigenvalue weighted by atomic mass is 10.1. The first-order valence-corrected chi connectivity index (χ1v) is 9.35. The van der Waals surface area contributed by atoms with E-state index in [1.807, 2.05) is 0 Å². The highest BCUT2D eigenvalue weighted by atomic mass is 127. The first kappa shape index (κ1) is 21.8. The molecule has 0 aliphatic carbocycles. The molecule has 5 nitrogen and oxygen atoms in total. The number of aryl methyl sites for hydroxylation is 1. The average molecular weight is 512 g/mol. The van der Waals surface area contributed by atoms with Crippen molar-refractivity contribution < 1.29 is 0 Å². The Hall–Kier alpha value is -0.280. The van der Waals surface area contributed by atoms with Gasteiger partial charge in [0.05, 0.1) is 6.54 Å². The summed E-state index contributed by atoms with van der Waals surface area (Å²) < 4.78 is 3.27. The smallest absolute Gasteiger partial charge is 0.194 e. The number of likely N-dealkylation sites (tertiary alicyclic amines) is 1. The first-order chi connectivity index (χ1) is 11.0. The molecule has 7 heteroatoms.